The zero-order chi connectivity index (χ0) is 13.9. The van der Waals surface area contributed by atoms with E-state index in [9.17, 15) is 4.79 Å². The first-order valence-electron chi connectivity index (χ1n) is 7.06. The van der Waals surface area contributed by atoms with Crippen molar-refractivity contribution in [3.63, 3.8) is 0 Å². The van der Waals surface area contributed by atoms with Crippen molar-refractivity contribution >= 4 is 11.6 Å². The van der Waals surface area contributed by atoms with Crippen molar-refractivity contribution in [3.8, 4) is 0 Å². The van der Waals surface area contributed by atoms with Crippen molar-refractivity contribution in [3.05, 3.63) is 23.4 Å². The van der Waals surface area contributed by atoms with E-state index in [0.717, 1.165) is 31.2 Å². The van der Waals surface area contributed by atoms with Crippen LogP contribution in [0.4, 0.5) is 5.82 Å². The van der Waals surface area contributed by atoms with Crippen molar-refractivity contribution in [2.75, 3.05) is 12.3 Å². The van der Waals surface area contributed by atoms with E-state index in [-0.39, 0.29) is 5.78 Å². The molecule has 0 radical (unpaired) electrons. The van der Waals surface area contributed by atoms with Gasteiger partial charge in [-0.2, -0.15) is 0 Å². The van der Waals surface area contributed by atoms with Gasteiger partial charge in [-0.15, -0.1) is 0 Å². The van der Waals surface area contributed by atoms with Gasteiger partial charge in [0, 0.05) is 18.2 Å². The molecule has 0 amide bonds. The minimum Gasteiger partial charge on any atom is -0.383 e. The fourth-order valence-electron chi connectivity index (χ4n) is 2.98. The van der Waals surface area contributed by atoms with Crippen LogP contribution in [0.15, 0.2) is 12.3 Å². The fraction of sp³-hybridized carbons (Fsp3) is 0.600. The Hall–Kier alpha value is -1.42. The van der Waals surface area contributed by atoms with E-state index in [0.29, 0.717) is 17.9 Å². The topological polar surface area (TPSA) is 82.0 Å². The van der Waals surface area contributed by atoms with Crippen LogP contribution in [0.3, 0.4) is 0 Å². The standard InChI is InChI=1S/C15H23N3O/c1-11-8-12(14(17)18-9-11)13(19)15(10-16)6-4-2-3-5-7-15/h8-9H,2-7,10,16H2,1H3,(H2,17,18). The second kappa shape index (κ2) is 5.70. The van der Waals surface area contributed by atoms with E-state index in [1.807, 2.05) is 13.0 Å². The Labute approximate surface area is 114 Å². The Bertz CT molecular complexity index is 462. The molecule has 1 aromatic rings. The van der Waals surface area contributed by atoms with Gasteiger partial charge in [0.25, 0.3) is 0 Å². The predicted molar refractivity (Wildman–Crippen MR) is 76.9 cm³/mol. The second-order valence-corrected chi connectivity index (χ2v) is 5.67. The van der Waals surface area contributed by atoms with Gasteiger partial charge < -0.3 is 11.5 Å². The van der Waals surface area contributed by atoms with Crippen LogP contribution in [0.5, 0.6) is 0 Å². The molecule has 4 N–H and O–H groups in total. The number of pyridine rings is 1. The van der Waals surface area contributed by atoms with Crippen LogP contribution in [0.1, 0.15) is 54.4 Å². The van der Waals surface area contributed by atoms with Crippen LogP contribution in [0, 0.1) is 12.3 Å². The summed E-state index contributed by atoms with van der Waals surface area (Å²) in [5, 5.41) is 0. The van der Waals surface area contributed by atoms with Gasteiger partial charge in [0.05, 0.1) is 5.56 Å². The number of anilines is 1. The molecule has 0 bridgehead atoms. The zero-order valence-electron chi connectivity index (χ0n) is 11.6. The molecule has 0 spiro atoms. The van der Waals surface area contributed by atoms with Crippen LogP contribution < -0.4 is 11.5 Å². The third-order valence-corrected chi connectivity index (χ3v) is 4.23. The minimum atomic E-state index is -0.430. The van der Waals surface area contributed by atoms with Crippen molar-refractivity contribution in [1.29, 1.82) is 0 Å². The van der Waals surface area contributed by atoms with E-state index < -0.39 is 5.41 Å². The normalized spacial score (nSPS) is 18.8. The average Bonchev–Trinajstić information content (AvgIpc) is 2.67. The Morgan fingerprint density at radius 3 is 2.53 bits per heavy atom. The van der Waals surface area contributed by atoms with Gasteiger partial charge in [0.2, 0.25) is 0 Å². The molecule has 1 fully saturated rings. The largest absolute Gasteiger partial charge is 0.383 e. The van der Waals surface area contributed by atoms with Crippen molar-refractivity contribution in [2.45, 2.75) is 45.4 Å². The molecule has 0 atom stereocenters. The molecule has 0 saturated heterocycles. The summed E-state index contributed by atoms with van der Waals surface area (Å²) in [5.41, 5.74) is 12.9. The highest BCUT2D eigenvalue weighted by Crippen LogP contribution is 2.38. The maximum Gasteiger partial charge on any atom is 0.173 e. The molecule has 1 aliphatic carbocycles. The summed E-state index contributed by atoms with van der Waals surface area (Å²) in [5.74, 6) is 0.415. The summed E-state index contributed by atoms with van der Waals surface area (Å²) >= 11 is 0. The monoisotopic (exact) mass is 261 g/mol. The summed E-state index contributed by atoms with van der Waals surface area (Å²) in [6, 6.07) is 1.84. The summed E-state index contributed by atoms with van der Waals surface area (Å²) in [7, 11) is 0. The molecule has 1 saturated carbocycles. The van der Waals surface area contributed by atoms with Crippen LogP contribution in [-0.4, -0.2) is 17.3 Å². The number of carbonyl (C=O) groups excluding carboxylic acids is 1. The molecule has 1 aromatic heterocycles. The van der Waals surface area contributed by atoms with E-state index in [1.54, 1.807) is 6.20 Å². The lowest BCUT2D eigenvalue weighted by atomic mass is 9.74. The first kappa shape index (κ1) is 14.0. The third-order valence-electron chi connectivity index (χ3n) is 4.23. The van der Waals surface area contributed by atoms with E-state index >= 15 is 0 Å². The minimum absolute atomic E-state index is 0.0885. The maximum atomic E-state index is 12.9. The molecule has 0 aliphatic heterocycles. The lowest BCUT2D eigenvalue weighted by Gasteiger charge is -2.30. The number of Topliss-reactive ketones (excluding diaryl/α,β-unsaturated/α-hetero) is 1. The average molecular weight is 261 g/mol. The van der Waals surface area contributed by atoms with Crippen molar-refractivity contribution in [1.82, 2.24) is 4.98 Å². The van der Waals surface area contributed by atoms with Crippen LogP contribution >= 0.6 is 0 Å². The summed E-state index contributed by atoms with van der Waals surface area (Å²) in [6.45, 7) is 2.32. The SMILES string of the molecule is Cc1cnc(N)c(C(=O)C2(CN)CCCCCC2)c1. The van der Waals surface area contributed by atoms with E-state index in [4.69, 9.17) is 11.5 Å². The van der Waals surface area contributed by atoms with Crippen LogP contribution in [0.2, 0.25) is 0 Å². The fourth-order valence-corrected chi connectivity index (χ4v) is 2.98. The number of ketones is 1. The van der Waals surface area contributed by atoms with Crippen LogP contribution in [0.25, 0.3) is 0 Å². The van der Waals surface area contributed by atoms with E-state index in [2.05, 4.69) is 4.98 Å². The Kier molecular flexibility index (Phi) is 4.20. The zero-order valence-corrected chi connectivity index (χ0v) is 11.6. The molecule has 1 aliphatic rings. The van der Waals surface area contributed by atoms with Gasteiger partial charge >= 0.3 is 0 Å². The quantitative estimate of drug-likeness (QED) is 0.647. The number of carbonyl (C=O) groups is 1. The number of aryl methyl sites for hydroxylation is 1. The molecule has 104 valence electrons. The molecule has 4 nitrogen and oxygen atoms in total. The van der Waals surface area contributed by atoms with Crippen molar-refractivity contribution < 1.29 is 4.79 Å². The third kappa shape index (κ3) is 2.78. The van der Waals surface area contributed by atoms with Gasteiger partial charge in [0.15, 0.2) is 5.78 Å². The maximum absolute atomic E-state index is 12.9. The number of nitrogens with zero attached hydrogens (tertiary/aromatic N) is 1. The molecule has 4 heteroatoms. The number of nitrogen functional groups attached to an aromatic ring is 1. The molecule has 0 unspecified atom stereocenters. The number of rotatable bonds is 3. The smallest absolute Gasteiger partial charge is 0.173 e. The van der Waals surface area contributed by atoms with Gasteiger partial charge in [-0.3, -0.25) is 4.79 Å². The highest BCUT2D eigenvalue weighted by molar-refractivity contribution is 6.04. The first-order chi connectivity index (χ1) is 9.09. The number of aromatic nitrogens is 1. The summed E-state index contributed by atoms with van der Waals surface area (Å²) in [4.78, 5) is 17.0. The Morgan fingerprint density at radius 2 is 1.95 bits per heavy atom. The van der Waals surface area contributed by atoms with Gasteiger partial charge in [-0.25, -0.2) is 4.98 Å². The van der Waals surface area contributed by atoms with Crippen LogP contribution in [-0.2, 0) is 0 Å². The second-order valence-electron chi connectivity index (χ2n) is 5.67. The highest BCUT2D eigenvalue weighted by Gasteiger charge is 2.38. The first-order valence-corrected chi connectivity index (χ1v) is 7.06. The van der Waals surface area contributed by atoms with Crippen molar-refractivity contribution in [2.24, 2.45) is 11.1 Å². The lowest BCUT2D eigenvalue weighted by molar-refractivity contribution is 0.0775. The summed E-state index contributed by atoms with van der Waals surface area (Å²) in [6.07, 6.45) is 7.96. The highest BCUT2D eigenvalue weighted by atomic mass is 16.1. The van der Waals surface area contributed by atoms with Gasteiger partial charge in [-0.05, 0) is 31.4 Å². The Morgan fingerprint density at radius 1 is 1.32 bits per heavy atom. The number of hydrogen-bond donors (Lipinski definition) is 2. The molecule has 1 heterocycles. The summed E-state index contributed by atoms with van der Waals surface area (Å²) < 4.78 is 0. The van der Waals surface area contributed by atoms with Gasteiger partial charge in [-0.1, -0.05) is 25.7 Å². The number of nitrogens with two attached hydrogens (primary N) is 2. The van der Waals surface area contributed by atoms with E-state index in [1.165, 1.54) is 12.8 Å². The van der Waals surface area contributed by atoms with Gasteiger partial charge in [0.1, 0.15) is 5.82 Å². The Balaban J connectivity index is 2.36. The lowest BCUT2D eigenvalue weighted by Crippen LogP contribution is -2.38. The molecular formula is C15H23N3O. The molecule has 2 rings (SSSR count). The predicted octanol–water partition coefficient (Wildman–Crippen LogP) is 2.45. The number of hydrogen-bond acceptors (Lipinski definition) is 4. The molecule has 19 heavy (non-hydrogen) atoms. The molecular weight excluding hydrogens is 238 g/mol. The molecule has 0 aromatic carbocycles.